The average molecular weight is 324 g/mol. The van der Waals surface area contributed by atoms with Gasteiger partial charge in [-0.3, -0.25) is 9.59 Å². The van der Waals surface area contributed by atoms with Crippen LogP contribution in [-0.2, 0) is 4.79 Å². The predicted octanol–water partition coefficient (Wildman–Crippen LogP) is 1.34. The molecule has 0 aliphatic rings. The Balaban J connectivity index is 2.75. The second-order valence-electron chi connectivity index (χ2n) is 5.27. The first-order valence-corrected chi connectivity index (χ1v) is 8.65. The zero-order chi connectivity index (χ0) is 16.5. The van der Waals surface area contributed by atoms with Crippen LogP contribution in [0.4, 0.5) is 0 Å². The maximum absolute atomic E-state index is 12.3. The van der Waals surface area contributed by atoms with Gasteiger partial charge in [0.1, 0.15) is 6.04 Å². The summed E-state index contributed by atoms with van der Waals surface area (Å²) in [6, 6.07) is 6.30. The Hall–Kier alpha value is -1.53. The van der Waals surface area contributed by atoms with Crippen LogP contribution in [0.2, 0.25) is 0 Å². The summed E-state index contributed by atoms with van der Waals surface area (Å²) in [6.45, 7) is 3.50. The Morgan fingerprint density at radius 2 is 2.05 bits per heavy atom. The molecule has 2 atom stereocenters. The van der Waals surface area contributed by atoms with Gasteiger partial charge in [0.05, 0.1) is 6.61 Å². The summed E-state index contributed by atoms with van der Waals surface area (Å²) >= 11 is 1.62. The molecule has 22 heavy (non-hydrogen) atoms. The van der Waals surface area contributed by atoms with Crippen molar-refractivity contribution in [3.05, 3.63) is 35.4 Å². The van der Waals surface area contributed by atoms with Gasteiger partial charge in [-0.15, -0.1) is 0 Å². The van der Waals surface area contributed by atoms with Gasteiger partial charge in [-0.25, -0.2) is 0 Å². The summed E-state index contributed by atoms with van der Waals surface area (Å²) in [5.41, 5.74) is 1.53. The summed E-state index contributed by atoms with van der Waals surface area (Å²) in [7, 11) is 0. The molecule has 0 saturated carbocycles. The third-order valence-electron chi connectivity index (χ3n) is 3.18. The molecule has 0 bridgehead atoms. The van der Waals surface area contributed by atoms with Crippen LogP contribution in [0.1, 0.15) is 29.3 Å². The van der Waals surface area contributed by atoms with Crippen molar-refractivity contribution in [2.24, 2.45) is 0 Å². The first kappa shape index (κ1) is 18.5. The monoisotopic (exact) mass is 324 g/mol. The molecule has 0 aromatic heterocycles. The van der Waals surface area contributed by atoms with E-state index in [4.69, 9.17) is 5.11 Å². The number of rotatable bonds is 8. The van der Waals surface area contributed by atoms with Crippen molar-refractivity contribution in [2.45, 2.75) is 32.4 Å². The zero-order valence-electron chi connectivity index (χ0n) is 13.3. The number of aliphatic hydroxyl groups is 1. The summed E-state index contributed by atoms with van der Waals surface area (Å²) in [5, 5.41) is 14.5. The smallest absolute Gasteiger partial charge is 0.251 e. The number of hydrogen-bond acceptors (Lipinski definition) is 4. The quantitative estimate of drug-likeness (QED) is 0.674. The number of carbonyl (C=O) groups is 2. The Morgan fingerprint density at radius 3 is 2.64 bits per heavy atom. The minimum Gasteiger partial charge on any atom is -0.394 e. The lowest BCUT2D eigenvalue weighted by Gasteiger charge is -2.20. The van der Waals surface area contributed by atoms with E-state index in [0.717, 1.165) is 11.3 Å². The van der Waals surface area contributed by atoms with E-state index < -0.39 is 6.04 Å². The number of amides is 2. The molecular weight excluding hydrogens is 300 g/mol. The number of hydrogen-bond donors (Lipinski definition) is 3. The van der Waals surface area contributed by atoms with Crippen molar-refractivity contribution in [3.63, 3.8) is 0 Å². The Bertz CT molecular complexity index is 508. The first-order valence-electron chi connectivity index (χ1n) is 7.25. The summed E-state index contributed by atoms with van der Waals surface area (Å²) in [4.78, 5) is 24.5. The maximum Gasteiger partial charge on any atom is 0.251 e. The lowest BCUT2D eigenvalue weighted by molar-refractivity contribution is -0.123. The summed E-state index contributed by atoms with van der Waals surface area (Å²) in [5.74, 6) is 0.234. The standard InChI is InChI=1S/C16H24N2O3S/c1-11-5-4-6-13(9-11)15(20)18-14(7-8-22-3)16(21)17-12(2)10-19/h4-6,9,12,14,19H,7-8,10H2,1-3H3,(H,17,21)(H,18,20). The van der Waals surface area contributed by atoms with Crippen LogP contribution in [0, 0.1) is 6.92 Å². The fourth-order valence-electron chi connectivity index (χ4n) is 1.92. The van der Waals surface area contributed by atoms with Crippen molar-refractivity contribution in [2.75, 3.05) is 18.6 Å². The molecule has 5 nitrogen and oxygen atoms in total. The van der Waals surface area contributed by atoms with Crippen molar-refractivity contribution >= 4 is 23.6 Å². The van der Waals surface area contributed by atoms with E-state index in [2.05, 4.69) is 10.6 Å². The summed E-state index contributed by atoms with van der Waals surface area (Å²) in [6.07, 6.45) is 2.50. The van der Waals surface area contributed by atoms with E-state index in [1.54, 1.807) is 30.8 Å². The Kier molecular flexibility index (Phi) is 7.98. The van der Waals surface area contributed by atoms with Crippen LogP contribution in [0.25, 0.3) is 0 Å². The third-order valence-corrected chi connectivity index (χ3v) is 3.82. The van der Waals surface area contributed by atoms with Gasteiger partial charge in [-0.05, 0) is 44.4 Å². The molecule has 0 radical (unpaired) electrons. The Morgan fingerprint density at radius 1 is 1.32 bits per heavy atom. The van der Waals surface area contributed by atoms with Crippen LogP contribution in [0.3, 0.4) is 0 Å². The predicted molar refractivity (Wildman–Crippen MR) is 90.1 cm³/mol. The minimum absolute atomic E-state index is 0.132. The van der Waals surface area contributed by atoms with Crippen molar-refractivity contribution in [1.82, 2.24) is 10.6 Å². The zero-order valence-corrected chi connectivity index (χ0v) is 14.1. The highest BCUT2D eigenvalue weighted by Gasteiger charge is 2.22. The third kappa shape index (κ3) is 6.07. The normalized spacial score (nSPS) is 13.3. The van der Waals surface area contributed by atoms with Crippen LogP contribution < -0.4 is 10.6 Å². The molecule has 6 heteroatoms. The van der Waals surface area contributed by atoms with E-state index in [9.17, 15) is 9.59 Å². The molecule has 3 N–H and O–H groups in total. The molecule has 1 rings (SSSR count). The van der Waals surface area contributed by atoms with Crippen LogP contribution in [0.5, 0.6) is 0 Å². The Labute approximate surface area is 135 Å². The highest BCUT2D eigenvalue weighted by Crippen LogP contribution is 2.07. The second-order valence-corrected chi connectivity index (χ2v) is 6.25. The van der Waals surface area contributed by atoms with E-state index in [1.807, 2.05) is 25.3 Å². The fourth-order valence-corrected chi connectivity index (χ4v) is 2.39. The SMILES string of the molecule is CSCCC(NC(=O)c1cccc(C)c1)C(=O)NC(C)CO. The van der Waals surface area contributed by atoms with Gasteiger partial charge in [0, 0.05) is 11.6 Å². The molecule has 1 aromatic rings. The van der Waals surface area contributed by atoms with Gasteiger partial charge in [0.15, 0.2) is 0 Å². The number of benzene rings is 1. The molecule has 0 aliphatic carbocycles. The summed E-state index contributed by atoms with van der Waals surface area (Å²) < 4.78 is 0. The molecule has 0 spiro atoms. The maximum atomic E-state index is 12.3. The fraction of sp³-hybridized carbons (Fsp3) is 0.500. The number of aliphatic hydroxyl groups excluding tert-OH is 1. The van der Waals surface area contributed by atoms with Gasteiger partial charge < -0.3 is 15.7 Å². The first-order chi connectivity index (χ1) is 10.5. The topological polar surface area (TPSA) is 78.4 Å². The van der Waals surface area contributed by atoms with Gasteiger partial charge in [-0.1, -0.05) is 17.7 Å². The molecule has 0 fully saturated rings. The van der Waals surface area contributed by atoms with Crippen molar-refractivity contribution in [1.29, 1.82) is 0 Å². The van der Waals surface area contributed by atoms with Gasteiger partial charge in [-0.2, -0.15) is 11.8 Å². The van der Waals surface area contributed by atoms with E-state index >= 15 is 0 Å². The number of thioether (sulfide) groups is 1. The lowest BCUT2D eigenvalue weighted by Crippen LogP contribution is -2.50. The van der Waals surface area contributed by atoms with Crippen molar-refractivity contribution < 1.29 is 14.7 Å². The van der Waals surface area contributed by atoms with E-state index in [-0.39, 0.29) is 24.5 Å². The molecule has 1 aromatic carbocycles. The molecule has 2 unspecified atom stereocenters. The van der Waals surface area contributed by atoms with Gasteiger partial charge >= 0.3 is 0 Å². The highest BCUT2D eigenvalue weighted by molar-refractivity contribution is 7.98. The van der Waals surface area contributed by atoms with Crippen LogP contribution >= 0.6 is 11.8 Å². The highest BCUT2D eigenvalue weighted by atomic mass is 32.2. The van der Waals surface area contributed by atoms with E-state index in [1.165, 1.54) is 0 Å². The van der Waals surface area contributed by atoms with Crippen molar-refractivity contribution in [3.8, 4) is 0 Å². The number of nitrogens with one attached hydrogen (secondary N) is 2. The number of aryl methyl sites for hydroxylation is 1. The minimum atomic E-state index is -0.602. The molecule has 2 amide bonds. The van der Waals surface area contributed by atoms with Gasteiger partial charge in [0.2, 0.25) is 5.91 Å². The average Bonchev–Trinajstić information content (AvgIpc) is 2.50. The van der Waals surface area contributed by atoms with E-state index in [0.29, 0.717) is 12.0 Å². The lowest BCUT2D eigenvalue weighted by atomic mass is 10.1. The number of carbonyl (C=O) groups excluding carboxylic acids is 2. The van der Waals surface area contributed by atoms with Crippen LogP contribution in [-0.4, -0.2) is 47.6 Å². The molecule has 0 aliphatic heterocycles. The molecule has 122 valence electrons. The molecular formula is C16H24N2O3S. The van der Waals surface area contributed by atoms with Crippen LogP contribution in [0.15, 0.2) is 24.3 Å². The molecule has 0 heterocycles. The largest absolute Gasteiger partial charge is 0.394 e. The van der Waals surface area contributed by atoms with Gasteiger partial charge in [0.25, 0.3) is 5.91 Å². The second kappa shape index (κ2) is 9.48. The molecule has 0 saturated heterocycles.